The van der Waals surface area contributed by atoms with Gasteiger partial charge in [0.2, 0.25) is 0 Å². The first kappa shape index (κ1) is 16.8. The van der Waals surface area contributed by atoms with Crippen LogP contribution in [0.5, 0.6) is 0 Å². The Hall–Kier alpha value is -2.30. The molecule has 3 saturated carbocycles. The van der Waals surface area contributed by atoms with Crippen LogP contribution in [0, 0.1) is 34.5 Å². The SMILES string of the molecule is CN/C=C(\C(=N)C1CC1)[C@@H]1Nc2ccc(N)c(C=N)c2[C@H]2[C@@H]3CC[C@H](C3)[C@H]21. The van der Waals surface area contributed by atoms with Crippen LogP contribution in [0.4, 0.5) is 11.4 Å². The number of benzene rings is 1. The van der Waals surface area contributed by atoms with Crippen LogP contribution < -0.4 is 16.4 Å². The van der Waals surface area contributed by atoms with Crippen molar-refractivity contribution in [2.45, 2.75) is 44.1 Å². The molecule has 0 unspecified atom stereocenters. The predicted molar refractivity (Wildman–Crippen MR) is 111 cm³/mol. The molecule has 5 nitrogen and oxygen atoms in total. The molecule has 4 aliphatic rings. The molecule has 6 N–H and O–H groups in total. The van der Waals surface area contributed by atoms with Gasteiger partial charge in [0.15, 0.2) is 0 Å². The minimum Gasteiger partial charge on any atom is -0.398 e. The van der Waals surface area contributed by atoms with Crippen LogP contribution >= 0.6 is 0 Å². The van der Waals surface area contributed by atoms with E-state index in [-0.39, 0.29) is 6.04 Å². The third-order valence-electron chi connectivity index (χ3n) is 7.41. The average Bonchev–Trinajstić information content (AvgIpc) is 3.33. The summed E-state index contributed by atoms with van der Waals surface area (Å²) < 4.78 is 0. The Bertz CT molecular complexity index is 837. The highest BCUT2D eigenvalue weighted by Gasteiger charge is 2.55. The maximum absolute atomic E-state index is 8.78. The van der Waals surface area contributed by atoms with Gasteiger partial charge in [-0.15, -0.1) is 0 Å². The Morgan fingerprint density at radius 1 is 1.22 bits per heavy atom. The van der Waals surface area contributed by atoms with Crippen LogP contribution in [0.1, 0.15) is 49.1 Å². The third-order valence-corrected chi connectivity index (χ3v) is 7.41. The first-order valence-electron chi connectivity index (χ1n) is 10.3. The molecule has 1 aromatic rings. The zero-order valence-corrected chi connectivity index (χ0v) is 15.9. The first-order chi connectivity index (χ1) is 13.1. The van der Waals surface area contributed by atoms with Crippen molar-refractivity contribution in [3.63, 3.8) is 0 Å². The number of rotatable bonds is 5. The Labute approximate surface area is 160 Å². The lowest BCUT2D eigenvalue weighted by Gasteiger charge is -2.45. The van der Waals surface area contributed by atoms with E-state index in [4.69, 9.17) is 16.6 Å². The maximum atomic E-state index is 8.78. The lowest BCUT2D eigenvalue weighted by molar-refractivity contribution is 0.263. The van der Waals surface area contributed by atoms with Crippen molar-refractivity contribution in [3.05, 3.63) is 35.0 Å². The largest absolute Gasteiger partial charge is 0.398 e. The number of hydrogen-bond donors (Lipinski definition) is 5. The van der Waals surface area contributed by atoms with E-state index in [1.807, 2.05) is 13.1 Å². The molecular formula is C22H29N5. The number of nitrogen functional groups attached to an aromatic ring is 1. The molecule has 0 aromatic heterocycles. The van der Waals surface area contributed by atoms with E-state index in [1.165, 1.54) is 31.0 Å². The van der Waals surface area contributed by atoms with Gasteiger partial charge in [-0.1, -0.05) is 0 Å². The normalized spacial score (nSPS) is 33.8. The first-order valence-corrected chi connectivity index (χ1v) is 10.3. The zero-order valence-electron chi connectivity index (χ0n) is 15.9. The van der Waals surface area contributed by atoms with E-state index in [1.54, 1.807) is 0 Å². The molecule has 2 bridgehead atoms. The molecule has 1 heterocycles. The van der Waals surface area contributed by atoms with Gasteiger partial charge in [-0.2, -0.15) is 0 Å². The fraction of sp³-hybridized carbons (Fsp3) is 0.545. The van der Waals surface area contributed by atoms with Crippen molar-refractivity contribution in [1.29, 1.82) is 10.8 Å². The highest BCUT2D eigenvalue weighted by molar-refractivity contribution is 6.02. The second kappa shape index (κ2) is 6.11. The molecule has 5 atom stereocenters. The van der Waals surface area contributed by atoms with Gasteiger partial charge in [-0.25, -0.2) is 0 Å². The van der Waals surface area contributed by atoms with Gasteiger partial charge >= 0.3 is 0 Å². The van der Waals surface area contributed by atoms with Gasteiger partial charge in [0.1, 0.15) is 0 Å². The molecule has 0 saturated heterocycles. The van der Waals surface area contributed by atoms with Crippen molar-refractivity contribution < 1.29 is 0 Å². The van der Waals surface area contributed by atoms with E-state index in [2.05, 4.69) is 22.9 Å². The third kappa shape index (κ3) is 2.43. The Morgan fingerprint density at radius 3 is 2.70 bits per heavy atom. The second-order valence-corrected chi connectivity index (χ2v) is 8.81. The highest BCUT2D eigenvalue weighted by atomic mass is 15.0. The molecule has 3 aliphatic carbocycles. The van der Waals surface area contributed by atoms with E-state index in [9.17, 15) is 0 Å². The number of fused-ring (bicyclic) bond motifs is 7. The fourth-order valence-electron chi connectivity index (χ4n) is 6.19. The summed E-state index contributed by atoms with van der Waals surface area (Å²) in [5.41, 5.74) is 12.2. The van der Waals surface area contributed by atoms with Crippen LogP contribution in [0.3, 0.4) is 0 Å². The molecule has 5 heteroatoms. The van der Waals surface area contributed by atoms with Gasteiger partial charge in [0, 0.05) is 53.6 Å². The Balaban J connectivity index is 1.64. The summed E-state index contributed by atoms with van der Waals surface area (Å²) in [7, 11) is 1.93. The summed E-state index contributed by atoms with van der Waals surface area (Å²) in [6, 6.07) is 4.19. The molecule has 3 fully saturated rings. The molecule has 0 spiro atoms. The van der Waals surface area contributed by atoms with Crippen molar-refractivity contribution >= 4 is 23.3 Å². The zero-order chi connectivity index (χ0) is 18.7. The topological polar surface area (TPSA) is 97.8 Å². The van der Waals surface area contributed by atoms with Crippen LogP contribution in [-0.2, 0) is 0 Å². The van der Waals surface area contributed by atoms with Crippen LogP contribution in [0.15, 0.2) is 23.9 Å². The molecular weight excluding hydrogens is 334 g/mol. The molecule has 27 heavy (non-hydrogen) atoms. The molecule has 1 aromatic carbocycles. The Morgan fingerprint density at radius 2 is 2.00 bits per heavy atom. The average molecular weight is 364 g/mol. The van der Waals surface area contributed by atoms with Gasteiger partial charge < -0.3 is 27.2 Å². The fourth-order valence-corrected chi connectivity index (χ4v) is 6.19. The summed E-state index contributed by atoms with van der Waals surface area (Å²) in [6.07, 6.45) is 9.66. The van der Waals surface area contributed by atoms with Crippen molar-refractivity contribution in [2.75, 3.05) is 18.1 Å². The minimum absolute atomic E-state index is 0.181. The maximum Gasteiger partial charge on any atom is 0.0582 e. The van der Waals surface area contributed by atoms with Gasteiger partial charge in [0.05, 0.1) is 6.04 Å². The van der Waals surface area contributed by atoms with E-state index in [0.717, 1.165) is 35.4 Å². The molecule has 5 rings (SSSR count). The van der Waals surface area contributed by atoms with E-state index < -0.39 is 0 Å². The van der Waals surface area contributed by atoms with Crippen LogP contribution in [0.2, 0.25) is 0 Å². The predicted octanol–water partition coefficient (Wildman–Crippen LogP) is 3.72. The Kier molecular flexibility index (Phi) is 3.81. The summed E-state index contributed by atoms with van der Waals surface area (Å²) >= 11 is 0. The lowest BCUT2D eigenvalue weighted by Crippen LogP contribution is -2.44. The van der Waals surface area contributed by atoms with Crippen molar-refractivity contribution in [1.82, 2.24) is 5.32 Å². The summed E-state index contributed by atoms with van der Waals surface area (Å²) in [5, 5.41) is 23.7. The van der Waals surface area contributed by atoms with E-state index in [0.29, 0.717) is 35.3 Å². The minimum atomic E-state index is 0.181. The van der Waals surface area contributed by atoms with E-state index >= 15 is 0 Å². The molecule has 0 radical (unpaired) electrons. The monoisotopic (exact) mass is 363 g/mol. The van der Waals surface area contributed by atoms with Crippen molar-refractivity contribution in [2.24, 2.45) is 23.7 Å². The number of nitrogens with one attached hydrogen (secondary N) is 4. The van der Waals surface area contributed by atoms with Gasteiger partial charge in [0.25, 0.3) is 0 Å². The standard InChI is InChI=1S/C22H29N5/c1-26-10-15(21(25)11-2-3-11)22-19-13-5-4-12(8-13)18(19)20-14(9-23)16(24)6-7-17(20)27-22/h6-7,9-13,18-19,22-23,25-27H,2-5,8,24H2,1H3/b15-10+,23-9?,25-21?/t12-,13-,18+,19-,22+/m1/s1. The molecule has 0 amide bonds. The summed E-state index contributed by atoms with van der Waals surface area (Å²) in [6.45, 7) is 0. The molecule has 142 valence electrons. The number of anilines is 2. The highest BCUT2D eigenvalue weighted by Crippen LogP contribution is 2.62. The van der Waals surface area contributed by atoms with Crippen molar-refractivity contribution in [3.8, 4) is 0 Å². The van der Waals surface area contributed by atoms with Gasteiger partial charge in [-0.05, 0) is 73.5 Å². The van der Waals surface area contributed by atoms with Crippen LogP contribution in [-0.4, -0.2) is 25.0 Å². The summed E-state index contributed by atoms with van der Waals surface area (Å²) in [5.74, 6) is 2.79. The smallest absolute Gasteiger partial charge is 0.0582 e. The number of hydrogen-bond acceptors (Lipinski definition) is 5. The van der Waals surface area contributed by atoms with Gasteiger partial charge in [-0.3, -0.25) is 0 Å². The van der Waals surface area contributed by atoms with Crippen LogP contribution in [0.25, 0.3) is 0 Å². The molecule has 1 aliphatic heterocycles. The summed E-state index contributed by atoms with van der Waals surface area (Å²) in [4.78, 5) is 0. The quantitative estimate of drug-likeness (QED) is 0.407. The lowest BCUT2D eigenvalue weighted by atomic mass is 9.66. The second-order valence-electron chi connectivity index (χ2n) is 8.81. The number of nitrogens with two attached hydrogens (primary N) is 1.